The third kappa shape index (κ3) is 27.3. The van der Waals surface area contributed by atoms with Gasteiger partial charge in [-0.15, -0.1) is 0 Å². The minimum atomic E-state index is -4.53. The molecule has 500 valence electrons. The van der Waals surface area contributed by atoms with Gasteiger partial charge in [0.15, 0.2) is 17.9 Å². The molecule has 4 atom stereocenters. The highest BCUT2D eigenvalue weighted by Gasteiger charge is 2.67. The third-order valence-corrected chi connectivity index (χ3v) is 16.5. The fraction of sp³-hybridized carbons (Fsp3) is 0.656. The van der Waals surface area contributed by atoms with Crippen LogP contribution in [-0.4, -0.2) is 183 Å². The number of carbonyl (C=O) groups is 9. The zero-order chi connectivity index (χ0) is 65.5. The smallest absolute Gasteiger partial charge is 0.362 e. The molecule has 90 heavy (non-hydrogen) atoms. The van der Waals surface area contributed by atoms with Crippen LogP contribution in [0.1, 0.15) is 164 Å². The number of aryl methyl sites for hydroxylation is 1. The summed E-state index contributed by atoms with van der Waals surface area (Å²) in [4.78, 5) is 138. The fourth-order valence-electron chi connectivity index (χ4n) is 10.7. The highest BCUT2D eigenvalue weighted by molar-refractivity contribution is 9.10. The van der Waals surface area contributed by atoms with E-state index in [0.717, 1.165) is 51.4 Å². The number of ether oxygens (including phenoxy) is 5. The van der Waals surface area contributed by atoms with Crippen LogP contribution in [0.4, 0.5) is 5.82 Å². The molecule has 5 rings (SSSR count). The molecule has 0 radical (unpaired) electrons. The Kier molecular flexibility index (Phi) is 32.4. The summed E-state index contributed by atoms with van der Waals surface area (Å²) in [6.45, 7) is 3.62. The van der Waals surface area contributed by atoms with E-state index in [9.17, 15) is 62.6 Å². The molecule has 1 saturated heterocycles. The number of carboxylic acids is 2. The van der Waals surface area contributed by atoms with Crippen molar-refractivity contribution in [2.24, 2.45) is 5.41 Å². The second-order valence-electron chi connectivity index (χ2n) is 23.0. The van der Waals surface area contributed by atoms with Crippen LogP contribution in [0, 0.1) is 12.3 Å². The normalized spacial score (nSPS) is 16.3. The van der Waals surface area contributed by atoms with E-state index in [4.69, 9.17) is 28.8 Å². The molecule has 1 aromatic carbocycles. The van der Waals surface area contributed by atoms with Gasteiger partial charge in [-0.2, -0.15) is 5.10 Å². The monoisotopic (exact) mass is 1350 g/mol. The Bertz CT molecular complexity index is 2930. The van der Waals surface area contributed by atoms with Crippen molar-refractivity contribution < 1.29 is 91.4 Å². The number of fused-ring (bicyclic) bond motifs is 2. The second kappa shape index (κ2) is 39.2. The summed E-state index contributed by atoms with van der Waals surface area (Å²) in [6.07, 6.45) is 15.6. The van der Waals surface area contributed by atoms with Gasteiger partial charge >= 0.3 is 19.5 Å². The summed E-state index contributed by atoms with van der Waals surface area (Å²) in [6, 6.07) is 5.27. The van der Waals surface area contributed by atoms with Crippen LogP contribution in [0.2, 0.25) is 0 Å². The molecule has 3 aromatic rings. The number of hydrogen-bond donors (Lipinski definition) is 8. The van der Waals surface area contributed by atoms with Crippen molar-refractivity contribution in [3.8, 4) is 5.75 Å². The first-order valence-electron chi connectivity index (χ1n) is 31.1. The maximum atomic E-state index is 14.4. The minimum Gasteiger partial charge on any atom is -0.481 e. The van der Waals surface area contributed by atoms with Gasteiger partial charge in [-0.25, -0.2) is 9.78 Å². The Hall–Kier alpha value is -6.26. The molecule has 27 nitrogen and oxygen atoms in total. The van der Waals surface area contributed by atoms with E-state index in [-0.39, 0.29) is 145 Å². The molecule has 1 saturated carbocycles. The molecule has 3 heterocycles. The number of unbranched alkanes of at least 4 members (excludes halogenated alkanes) is 13. The first-order valence-corrected chi connectivity index (χ1v) is 33.7. The summed E-state index contributed by atoms with van der Waals surface area (Å²) in [5.41, 5.74) is 0.391. The summed E-state index contributed by atoms with van der Waals surface area (Å²) in [5.74, 6) is -4.22. The number of likely N-dealkylation sites (tertiary alicyclic amines) is 1. The number of rotatable bonds is 49. The fourth-order valence-corrected chi connectivity index (χ4v) is 11.3. The maximum Gasteiger partial charge on any atom is 0.362 e. The van der Waals surface area contributed by atoms with Crippen molar-refractivity contribution in [3.05, 3.63) is 46.2 Å². The molecule has 2 aromatic heterocycles. The molecule has 2 fully saturated rings. The van der Waals surface area contributed by atoms with E-state index in [1.165, 1.54) is 66.8 Å². The Labute approximate surface area is 532 Å². The van der Waals surface area contributed by atoms with Crippen LogP contribution in [-0.2, 0) is 68.4 Å². The average molecular weight is 1350 g/mol. The summed E-state index contributed by atoms with van der Waals surface area (Å²) in [5, 5.41) is 34.0. The van der Waals surface area contributed by atoms with Gasteiger partial charge in [0, 0.05) is 75.2 Å². The number of piperidine rings is 1. The summed E-state index contributed by atoms with van der Waals surface area (Å²) in [7, 11) is -4.53. The van der Waals surface area contributed by atoms with Gasteiger partial charge in [-0.05, 0) is 85.1 Å². The van der Waals surface area contributed by atoms with Crippen molar-refractivity contribution in [3.63, 3.8) is 0 Å². The number of pyridine rings is 1. The summed E-state index contributed by atoms with van der Waals surface area (Å²) < 4.78 is 40.5. The molecule has 5 amide bonds. The van der Waals surface area contributed by atoms with E-state index >= 15 is 0 Å². The second-order valence-corrected chi connectivity index (χ2v) is 25.4. The lowest BCUT2D eigenvalue weighted by atomic mass is 9.99. The van der Waals surface area contributed by atoms with Gasteiger partial charge in [-0.1, -0.05) is 83.1 Å². The molecule has 1 aliphatic heterocycles. The number of aromatic nitrogens is 3. The van der Waals surface area contributed by atoms with Gasteiger partial charge in [0.05, 0.1) is 38.6 Å². The molecule has 1 aliphatic carbocycles. The van der Waals surface area contributed by atoms with Crippen molar-refractivity contribution >= 4 is 93.3 Å². The number of Topliss-reactive ketones (excluding diaryl/α,β-unsaturated/α-hetero) is 2. The maximum absolute atomic E-state index is 14.4. The van der Waals surface area contributed by atoms with Crippen LogP contribution >= 0.6 is 23.5 Å². The molecular formula is C61H90BrN8O19P. The van der Waals surface area contributed by atoms with Crippen molar-refractivity contribution in [1.82, 2.24) is 35.6 Å². The number of hydrogen-bond acceptors (Lipinski definition) is 17. The number of carboxylic acid groups (broad SMARTS) is 2. The van der Waals surface area contributed by atoms with Crippen LogP contribution in [0.25, 0.3) is 10.9 Å². The van der Waals surface area contributed by atoms with E-state index in [2.05, 4.69) is 47.3 Å². The number of nitrogens with zero attached hydrogens (tertiary/aromatic N) is 4. The van der Waals surface area contributed by atoms with E-state index < -0.39 is 73.7 Å². The molecule has 0 bridgehead atoms. The predicted molar refractivity (Wildman–Crippen MR) is 333 cm³/mol. The van der Waals surface area contributed by atoms with Crippen molar-refractivity contribution in [2.45, 2.75) is 180 Å². The Balaban J connectivity index is 0.876. The standard InChI is InChI=1S/C61H90BrN8O19P/c1-42-21-25-51(62)66-58(42)67-59(79)49-35-61(36-50(61)70(49)55(76)37-69-48-34-45(89-41-90(82,83)84)22-23-46(48)57(68-69)43(2)71)40-64-54(75)39-88-33-30-85-28-17-18-44(72)38-87-32-31-86-29-27-63-52(73)26-24-47(60(80)81)65-53(74)19-15-13-11-9-7-5-3-4-6-8-10-12-14-16-20-56(77)78/h21-23,25,34,47,49-50H,3-20,24,26-33,35-41H2,1-2H3,(H,63,73)(H,64,75)(H,65,74)(H,77,78)(H,80,81)(H,66,67,79)(H2,82,83,84)/t47-,49-,50+,61-/m0/s1. The van der Waals surface area contributed by atoms with Crippen LogP contribution in [0.15, 0.2) is 34.9 Å². The van der Waals surface area contributed by atoms with Crippen molar-refractivity contribution in [1.29, 1.82) is 0 Å². The van der Waals surface area contributed by atoms with Crippen LogP contribution < -0.4 is 26.0 Å². The number of amides is 5. The summed E-state index contributed by atoms with van der Waals surface area (Å²) >= 11 is 3.33. The van der Waals surface area contributed by atoms with Gasteiger partial charge in [0.1, 0.15) is 53.7 Å². The Morgan fingerprint density at radius 1 is 0.711 bits per heavy atom. The van der Waals surface area contributed by atoms with E-state index in [0.29, 0.717) is 40.6 Å². The lowest BCUT2D eigenvalue weighted by Gasteiger charge is -2.27. The van der Waals surface area contributed by atoms with Gasteiger partial charge in [-0.3, -0.25) is 47.6 Å². The number of nitrogens with one attached hydrogen (secondary N) is 4. The number of benzene rings is 1. The predicted octanol–water partition coefficient (Wildman–Crippen LogP) is 6.54. The average Bonchev–Trinajstić information content (AvgIpc) is 1.54. The first-order chi connectivity index (χ1) is 43.1. The molecular weight excluding hydrogens is 1260 g/mol. The Morgan fingerprint density at radius 3 is 1.97 bits per heavy atom. The SMILES string of the molecule is CC(=O)c1nn(CC(=O)N2[C@H](C(=O)Nc3nc(Br)ccc3C)C[C@@]3(CNC(=O)COCCOCCCC(=O)COCCOCCNC(=O)CC[C@H](NC(=O)CCCCCCCCCCCCCCCCC(=O)O)C(=O)O)C[C@@H]23)c2cc(OCP(=O)(O)O)ccc12. The quantitative estimate of drug-likeness (QED) is 0.0129. The molecule has 0 unspecified atom stereocenters. The first kappa shape index (κ1) is 74.5. The lowest BCUT2D eigenvalue weighted by molar-refractivity contribution is -0.142. The zero-order valence-electron chi connectivity index (χ0n) is 51.7. The highest BCUT2D eigenvalue weighted by atomic mass is 79.9. The Morgan fingerprint density at radius 2 is 1.33 bits per heavy atom. The van der Waals surface area contributed by atoms with Gasteiger partial charge < -0.3 is 69.9 Å². The number of ketones is 2. The number of halogens is 1. The molecule has 2 aliphatic rings. The number of aliphatic carboxylic acids is 2. The van der Waals surface area contributed by atoms with Crippen molar-refractivity contribution in [2.75, 3.05) is 77.6 Å². The van der Waals surface area contributed by atoms with Crippen LogP contribution in [0.5, 0.6) is 5.75 Å². The van der Waals surface area contributed by atoms with E-state index in [1.54, 1.807) is 19.1 Å². The number of anilines is 1. The van der Waals surface area contributed by atoms with E-state index in [1.807, 2.05) is 0 Å². The topological polar surface area (TPSA) is 380 Å². The molecule has 29 heteroatoms. The minimum absolute atomic E-state index is 0.0539. The molecule has 8 N–H and O–H groups in total. The lowest BCUT2D eigenvalue weighted by Crippen LogP contribution is -2.47. The van der Waals surface area contributed by atoms with Gasteiger partial charge in [0.2, 0.25) is 29.5 Å². The third-order valence-electron chi connectivity index (χ3n) is 15.6. The highest BCUT2D eigenvalue weighted by Crippen LogP contribution is 2.59. The largest absolute Gasteiger partial charge is 0.481 e. The van der Waals surface area contributed by atoms with Crippen LogP contribution in [0.3, 0.4) is 0 Å². The zero-order valence-corrected chi connectivity index (χ0v) is 54.2. The number of carbonyl (C=O) groups excluding carboxylic acids is 7. The molecule has 0 spiro atoms. The van der Waals surface area contributed by atoms with Gasteiger partial charge in [0.25, 0.3) is 0 Å².